The van der Waals surface area contributed by atoms with E-state index in [1.807, 2.05) is 0 Å². The van der Waals surface area contributed by atoms with Crippen LogP contribution in [0.1, 0.15) is 52.9 Å². The summed E-state index contributed by atoms with van der Waals surface area (Å²) in [6.45, 7) is 5.68. The first kappa shape index (κ1) is 16.8. The molecule has 0 aromatic rings. The Hall–Kier alpha value is -1.30. The summed E-state index contributed by atoms with van der Waals surface area (Å²) in [7, 11) is 0. The second-order valence-electron chi connectivity index (χ2n) is 6.36. The van der Waals surface area contributed by atoms with Gasteiger partial charge >= 0.3 is 6.09 Å². The maximum atomic E-state index is 11.7. The number of nitrogens with one attached hydrogen (secondary N) is 2. The number of rotatable bonds is 4. The maximum absolute atomic E-state index is 11.7. The van der Waals surface area contributed by atoms with Gasteiger partial charge in [0, 0.05) is 25.0 Å². The van der Waals surface area contributed by atoms with Gasteiger partial charge in [0.25, 0.3) is 0 Å². The molecule has 1 aliphatic carbocycles. The fourth-order valence-electron chi connectivity index (χ4n) is 2.16. The third-order valence-electron chi connectivity index (χ3n) is 3.16. The molecule has 0 aromatic heterocycles. The average Bonchev–Trinajstić information content (AvgIpc) is 2.29. The van der Waals surface area contributed by atoms with Gasteiger partial charge in [0.2, 0.25) is 5.91 Å². The summed E-state index contributed by atoms with van der Waals surface area (Å²) in [6.07, 6.45) is 3.57. The highest BCUT2D eigenvalue weighted by molar-refractivity contribution is 5.77. The number of nitrogens with two attached hydrogens (primary N) is 1. The van der Waals surface area contributed by atoms with Crippen LogP contribution in [0, 0.1) is 0 Å². The van der Waals surface area contributed by atoms with E-state index in [1.54, 1.807) is 20.8 Å². The first-order valence-electron chi connectivity index (χ1n) is 7.28. The van der Waals surface area contributed by atoms with Gasteiger partial charge in [-0.15, -0.1) is 0 Å². The summed E-state index contributed by atoms with van der Waals surface area (Å²) in [5.41, 5.74) is 5.30. The van der Waals surface area contributed by atoms with E-state index in [9.17, 15) is 9.59 Å². The second kappa shape index (κ2) is 7.47. The molecule has 0 aromatic carbocycles. The van der Waals surface area contributed by atoms with E-state index in [4.69, 9.17) is 10.5 Å². The quantitative estimate of drug-likeness (QED) is 0.725. The highest BCUT2D eigenvalue weighted by Crippen LogP contribution is 2.16. The molecule has 4 N–H and O–H groups in total. The van der Waals surface area contributed by atoms with Crippen LogP contribution in [0.3, 0.4) is 0 Å². The van der Waals surface area contributed by atoms with Crippen LogP contribution >= 0.6 is 0 Å². The lowest BCUT2D eigenvalue weighted by Gasteiger charge is -2.26. The number of carbonyl (C=O) groups excluding carboxylic acids is 2. The molecule has 1 fully saturated rings. The standard InChI is InChI=1S/C14H27N3O3/c1-14(2,3)20-13(19)16-9-8-12(18)17-11-6-4-10(15)5-7-11/h10-11H,4-9,15H2,1-3H3,(H,16,19)(H,17,18)/t10-,11-. The van der Waals surface area contributed by atoms with Crippen molar-refractivity contribution in [1.82, 2.24) is 10.6 Å². The number of hydrogen-bond acceptors (Lipinski definition) is 4. The SMILES string of the molecule is CC(C)(C)OC(=O)NCCC(=O)N[C@H]1CC[C@H](N)CC1. The minimum absolute atomic E-state index is 0.0402. The molecule has 6 heteroatoms. The maximum Gasteiger partial charge on any atom is 0.407 e. The molecule has 0 heterocycles. The van der Waals surface area contributed by atoms with Crippen molar-refractivity contribution in [3.8, 4) is 0 Å². The zero-order chi connectivity index (χ0) is 15.2. The fraction of sp³-hybridized carbons (Fsp3) is 0.857. The molecule has 0 saturated heterocycles. The third kappa shape index (κ3) is 7.33. The summed E-state index contributed by atoms with van der Waals surface area (Å²) < 4.78 is 5.09. The normalized spacial score (nSPS) is 23.0. The van der Waals surface area contributed by atoms with Crippen LogP contribution in [0.5, 0.6) is 0 Å². The third-order valence-corrected chi connectivity index (χ3v) is 3.16. The molecule has 20 heavy (non-hydrogen) atoms. The molecule has 0 bridgehead atoms. The molecule has 0 aliphatic heterocycles. The molecule has 116 valence electrons. The molecule has 0 radical (unpaired) electrons. The Labute approximate surface area is 120 Å². The number of ether oxygens (including phenoxy) is 1. The summed E-state index contributed by atoms with van der Waals surface area (Å²) in [6, 6.07) is 0.501. The topological polar surface area (TPSA) is 93.4 Å². The zero-order valence-corrected chi connectivity index (χ0v) is 12.7. The lowest BCUT2D eigenvalue weighted by atomic mass is 9.92. The Kier molecular flexibility index (Phi) is 6.26. The molecule has 1 saturated carbocycles. The Morgan fingerprint density at radius 3 is 2.35 bits per heavy atom. The van der Waals surface area contributed by atoms with Crippen LogP contribution < -0.4 is 16.4 Å². The van der Waals surface area contributed by atoms with Crippen LogP contribution in [0.2, 0.25) is 0 Å². The van der Waals surface area contributed by atoms with Gasteiger partial charge in [0.1, 0.15) is 5.60 Å². The van der Waals surface area contributed by atoms with Crippen molar-refractivity contribution in [2.24, 2.45) is 5.73 Å². The van der Waals surface area contributed by atoms with Gasteiger partial charge in [0.05, 0.1) is 0 Å². The van der Waals surface area contributed by atoms with Crippen molar-refractivity contribution < 1.29 is 14.3 Å². The first-order chi connectivity index (χ1) is 9.26. The Balaban J connectivity index is 2.13. The lowest BCUT2D eigenvalue weighted by Crippen LogP contribution is -2.41. The van der Waals surface area contributed by atoms with Crippen LogP contribution in [0.15, 0.2) is 0 Å². The monoisotopic (exact) mass is 285 g/mol. The molecule has 1 rings (SSSR count). The molecule has 2 amide bonds. The second-order valence-corrected chi connectivity index (χ2v) is 6.36. The van der Waals surface area contributed by atoms with E-state index in [0.717, 1.165) is 25.7 Å². The summed E-state index contributed by atoms with van der Waals surface area (Å²) in [4.78, 5) is 23.1. The highest BCUT2D eigenvalue weighted by Gasteiger charge is 2.20. The van der Waals surface area contributed by atoms with Gasteiger partial charge < -0.3 is 21.1 Å². The summed E-state index contributed by atoms with van der Waals surface area (Å²) in [5, 5.41) is 5.55. The predicted octanol–water partition coefficient (Wildman–Crippen LogP) is 1.29. The van der Waals surface area contributed by atoms with Crippen molar-refractivity contribution in [1.29, 1.82) is 0 Å². The highest BCUT2D eigenvalue weighted by atomic mass is 16.6. The van der Waals surface area contributed by atoms with E-state index >= 15 is 0 Å². The predicted molar refractivity (Wildman–Crippen MR) is 77.2 cm³/mol. The smallest absolute Gasteiger partial charge is 0.407 e. The van der Waals surface area contributed by atoms with Gasteiger partial charge in [0.15, 0.2) is 0 Å². The molecular formula is C14H27N3O3. The molecule has 0 unspecified atom stereocenters. The van der Waals surface area contributed by atoms with Crippen LogP contribution in [-0.2, 0) is 9.53 Å². The largest absolute Gasteiger partial charge is 0.444 e. The van der Waals surface area contributed by atoms with Crippen molar-refractivity contribution in [3.63, 3.8) is 0 Å². The summed E-state index contributed by atoms with van der Waals surface area (Å²) >= 11 is 0. The number of alkyl carbamates (subject to hydrolysis) is 1. The zero-order valence-electron chi connectivity index (χ0n) is 12.7. The Morgan fingerprint density at radius 1 is 1.20 bits per heavy atom. The Morgan fingerprint density at radius 2 is 1.80 bits per heavy atom. The van der Waals surface area contributed by atoms with Crippen molar-refractivity contribution in [2.45, 2.75) is 70.6 Å². The molecule has 1 aliphatic rings. The summed E-state index contributed by atoms with van der Waals surface area (Å²) in [5.74, 6) is -0.0402. The van der Waals surface area contributed by atoms with Crippen molar-refractivity contribution in [2.75, 3.05) is 6.54 Å². The van der Waals surface area contributed by atoms with E-state index in [-0.39, 0.29) is 31.0 Å². The minimum Gasteiger partial charge on any atom is -0.444 e. The van der Waals surface area contributed by atoms with Crippen LogP contribution in [0.25, 0.3) is 0 Å². The number of amides is 2. The Bertz CT molecular complexity index is 331. The van der Waals surface area contributed by atoms with Crippen molar-refractivity contribution in [3.05, 3.63) is 0 Å². The first-order valence-corrected chi connectivity index (χ1v) is 7.28. The fourth-order valence-corrected chi connectivity index (χ4v) is 2.16. The van der Waals surface area contributed by atoms with E-state index in [0.29, 0.717) is 0 Å². The van der Waals surface area contributed by atoms with Crippen molar-refractivity contribution >= 4 is 12.0 Å². The molecule has 6 nitrogen and oxygen atoms in total. The number of carbonyl (C=O) groups is 2. The van der Waals surface area contributed by atoms with Gasteiger partial charge in [-0.1, -0.05) is 0 Å². The van der Waals surface area contributed by atoms with E-state index in [2.05, 4.69) is 10.6 Å². The van der Waals surface area contributed by atoms with Gasteiger partial charge in [-0.2, -0.15) is 0 Å². The average molecular weight is 285 g/mol. The number of hydrogen-bond donors (Lipinski definition) is 3. The van der Waals surface area contributed by atoms with Crippen LogP contribution in [0.4, 0.5) is 4.79 Å². The van der Waals surface area contributed by atoms with E-state index in [1.165, 1.54) is 0 Å². The van der Waals surface area contributed by atoms with Gasteiger partial charge in [-0.3, -0.25) is 4.79 Å². The molecule has 0 atom stereocenters. The van der Waals surface area contributed by atoms with Crippen LogP contribution in [-0.4, -0.2) is 36.2 Å². The lowest BCUT2D eigenvalue weighted by molar-refractivity contribution is -0.121. The molecular weight excluding hydrogens is 258 g/mol. The van der Waals surface area contributed by atoms with Gasteiger partial charge in [-0.05, 0) is 46.5 Å². The van der Waals surface area contributed by atoms with E-state index < -0.39 is 11.7 Å². The molecule has 0 spiro atoms. The minimum atomic E-state index is -0.521. The van der Waals surface area contributed by atoms with Gasteiger partial charge in [-0.25, -0.2) is 4.79 Å².